The van der Waals surface area contributed by atoms with Crippen molar-refractivity contribution in [1.29, 1.82) is 0 Å². The Kier molecular flexibility index (Phi) is 4.12. The van der Waals surface area contributed by atoms with Crippen molar-refractivity contribution in [2.75, 3.05) is 13.2 Å². The molecule has 0 radical (unpaired) electrons. The maximum atomic E-state index is 5.67. The van der Waals surface area contributed by atoms with E-state index in [9.17, 15) is 0 Å². The molecule has 0 aliphatic carbocycles. The maximum Gasteiger partial charge on any atom is 0.144 e. The van der Waals surface area contributed by atoms with Crippen LogP contribution in [-0.4, -0.2) is 34.0 Å². The van der Waals surface area contributed by atoms with Gasteiger partial charge in [-0.15, -0.1) is 0 Å². The Morgan fingerprint density at radius 2 is 2.47 bits per heavy atom. The van der Waals surface area contributed by atoms with E-state index < -0.39 is 0 Å². The molecule has 5 heteroatoms. The molecule has 0 aromatic carbocycles. The van der Waals surface area contributed by atoms with E-state index in [1.165, 1.54) is 0 Å². The molecule has 0 spiro atoms. The predicted octanol–water partition coefficient (Wildman–Crippen LogP) is 1.28. The fraction of sp³-hybridized carbons (Fsp3) is 0.833. The molecular weight excluding hydrogens is 216 g/mol. The molecule has 0 bridgehead atoms. The largest absolute Gasteiger partial charge is 0.378 e. The van der Waals surface area contributed by atoms with E-state index in [1.54, 1.807) is 6.33 Å². The quantitative estimate of drug-likeness (QED) is 0.839. The van der Waals surface area contributed by atoms with Crippen molar-refractivity contribution >= 4 is 0 Å². The van der Waals surface area contributed by atoms with Gasteiger partial charge in [0, 0.05) is 19.6 Å². The highest BCUT2D eigenvalue weighted by atomic mass is 16.5. The number of hydrogen-bond donors (Lipinski definition) is 1. The van der Waals surface area contributed by atoms with Crippen LogP contribution in [0.25, 0.3) is 0 Å². The molecule has 1 saturated heterocycles. The molecule has 1 N–H and O–H groups in total. The summed E-state index contributed by atoms with van der Waals surface area (Å²) in [7, 11) is 1.95. The Hall–Kier alpha value is -0.940. The smallest absolute Gasteiger partial charge is 0.144 e. The van der Waals surface area contributed by atoms with E-state index in [0.717, 1.165) is 31.8 Å². The standard InChI is InChI=1S/C12H22N4O/c1-4-6-13-11(10-5-7-17-9(10)2)12-14-8-15-16(12)3/h8-11,13H,4-7H2,1-3H3. The number of ether oxygens (including phenoxy) is 1. The minimum absolute atomic E-state index is 0.250. The van der Waals surface area contributed by atoms with Crippen LogP contribution in [0.3, 0.4) is 0 Å². The molecule has 3 atom stereocenters. The van der Waals surface area contributed by atoms with Crippen molar-refractivity contribution in [3.63, 3.8) is 0 Å². The Labute approximate surface area is 103 Å². The first-order chi connectivity index (χ1) is 8.24. The Bertz CT molecular complexity index is 352. The first kappa shape index (κ1) is 12.5. The van der Waals surface area contributed by atoms with Crippen LogP contribution in [0.4, 0.5) is 0 Å². The molecule has 0 saturated carbocycles. The summed E-state index contributed by atoms with van der Waals surface area (Å²) in [6.07, 6.45) is 4.13. The third-order valence-corrected chi connectivity index (χ3v) is 3.50. The zero-order valence-electron chi connectivity index (χ0n) is 10.9. The van der Waals surface area contributed by atoms with Gasteiger partial charge < -0.3 is 10.1 Å². The lowest BCUT2D eigenvalue weighted by atomic mass is 9.92. The summed E-state index contributed by atoms with van der Waals surface area (Å²) >= 11 is 0. The first-order valence-corrected chi connectivity index (χ1v) is 6.43. The molecule has 96 valence electrons. The molecule has 1 aromatic heterocycles. The zero-order chi connectivity index (χ0) is 12.3. The van der Waals surface area contributed by atoms with Gasteiger partial charge in [0.25, 0.3) is 0 Å². The highest BCUT2D eigenvalue weighted by Gasteiger charge is 2.34. The second kappa shape index (κ2) is 5.60. The molecule has 1 aromatic rings. The van der Waals surface area contributed by atoms with Crippen molar-refractivity contribution in [3.8, 4) is 0 Å². The van der Waals surface area contributed by atoms with Crippen molar-refractivity contribution in [2.45, 2.75) is 38.8 Å². The summed E-state index contributed by atoms with van der Waals surface area (Å²) in [6, 6.07) is 0.250. The molecule has 1 fully saturated rings. The average molecular weight is 238 g/mol. The molecule has 2 heterocycles. The third-order valence-electron chi connectivity index (χ3n) is 3.50. The average Bonchev–Trinajstić information content (AvgIpc) is 2.90. The summed E-state index contributed by atoms with van der Waals surface area (Å²) in [6.45, 7) is 6.18. The van der Waals surface area contributed by atoms with Gasteiger partial charge in [0.15, 0.2) is 0 Å². The summed E-state index contributed by atoms with van der Waals surface area (Å²) in [5, 5.41) is 7.75. The van der Waals surface area contributed by atoms with Crippen molar-refractivity contribution in [2.24, 2.45) is 13.0 Å². The van der Waals surface area contributed by atoms with Gasteiger partial charge >= 0.3 is 0 Å². The minimum atomic E-state index is 0.250. The van der Waals surface area contributed by atoms with Crippen LogP contribution in [0.5, 0.6) is 0 Å². The first-order valence-electron chi connectivity index (χ1n) is 6.43. The number of aromatic nitrogens is 3. The molecule has 1 aliphatic heterocycles. The lowest BCUT2D eigenvalue weighted by Crippen LogP contribution is -2.34. The zero-order valence-corrected chi connectivity index (χ0v) is 10.9. The molecule has 1 aliphatic rings. The van der Waals surface area contributed by atoms with Gasteiger partial charge in [0.05, 0.1) is 12.1 Å². The van der Waals surface area contributed by atoms with E-state index in [-0.39, 0.29) is 6.04 Å². The van der Waals surface area contributed by atoms with Gasteiger partial charge in [0.1, 0.15) is 12.2 Å². The third kappa shape index (κ3) is 2.66. The predicted molar refractivity (Wildman–Crippen MR) is 65.6 cm³/mol. The number of rotatable bonds is 5. The van der Waals surface area contributed by atoms with Crippen LogP contribution in [0.15, 0.2) is 6.33 Å². The summed E-state index contributed by atoms with van der Waals surface area (Å²) < 4.78 is 7.53. The van der Waals surface area contributed by atoms with Crippen molar-refractivity contribution in [3.05, 3.63) is 12.2 Å². The van der Waals surface area contributed by atoms with Gasteiger partial charge in [0.2, 0.25) is 0 Å². The van der Waals surface area contributed by atoms with Gasteiger partial charge in [-0.25, -0.2) is 4.98 Å². The Balaban J connectivity index is 2.15. The van der Waals surface area contributed by atoms with E-state index in [0.29, 0.717) is 12.0 Å². The van der Waals surface area contributed by atoms with Crippen LogP contribution in [0.1, 0.15) is 38.6 Å². The molecule has 0 amide bonds. The van der Waals surface area contributed by atoms with E-state index in [4.69, 9.17) is 4.74 Å². The lowest BCUT2D eigenvalue weighted by Gasteiger charge is -2.26. The molecule has 5 nitrogen and oxygen atoms in total. The second-order valence-electron chi connectivity index (χ2n) is 4.70. The van der Waals surface area contributed by atoms with Crippen LogP contribution < -0.4 is 5.32 Å². The number of nitrogens with zero attached hydrogens (tertiary/aromatic N) is 3. The van der Waals surface area contributed by atoms with Crippen LogP contribution in [0, 0.1) is 5.92 Å². The van der Waals surface area contributed by atoms with Gasteiger partial charge in [-0.1, -0.05) is 6.92 Å². The lowest BCUT2D eigenvalue weighted by molar-refractivity contribution is 0.0939. The molecule has 2 rings (SSSR count). The van der Waals surface area contributed by atoms with Gasteiger partial charge in [-0.05, 0) is 26.3 Å². The van der Waals surface area contributed by atoms with E-state index in [2.05, 4.69) is 29.2 Å². The summed E-state index contributed by atoms with van der Waals surface area (Å²) in [4.78, 5) is 4.38. The molecule has 17 heavy (non-hydrogen) atoms. The highest BCUT2D eigenvalue weighted by Crippen LogP contribution is 2.32. The fourth-order valence-electron chi connectivity index (χ4n) is 2.51. The summed E-state index contributed by atoms with van der Waals surface area (Å²) in [5.74, 6) is 1.50. The van der Waals surface area contributed by atoms with Gasteiger partial charge in [-0.2, -0.15) is 5.10 Å². The number of nitrogens with one attached hydrogen (secondary N) is 1. The van der Waals surface area contributed by atoms with Gasteiger partial charge in [-0.3, -0.25) is 4.68 Å². The molecular formula is C12H22N4O. The maximum absolute atomic E-state index is 5.67. The van der Waals surface area contributed by atoms with Crippen LogP contribution >= 0.6 is 0 Å². The van der Waals surface area contributed by atoms with E-state index >= 15 is 0 Å². The van der Waals surface area contributed by atoms with E-state index in [1.807, 2.05) is 11.7 Å². The minimum Gasteiger partial charge on any atom is -0.378 e. The SMILES string of the molecule is CCCNC(c1ncnn1C)C1CCOC1C. The number of aryl methyl sites for hydroxylation is 1. The Morgan fingerprint density at radius 3 is 3.00 bits per heavy atom. The monoisotopic (exact) mass is 238 g/mol. The van der Waals surface area contributed by atoms with Crippen LogP contribution in [-0.2, 0) is 11.8 Å². The van der Waals surface area contributed by atoms with Crippen LogP contribution in [0.2, 0.25) is 0 Å². The number of hydrogen-bond acceptors (Lipinski definition) is 4. The topological polar surface area (TPSA) is 52.0 Å². The fourth-order valence-corrected chi connectivity index (χ4v) is 2.51. The van der Waals surface area contributed by atoms with Crippen molar-refractivity contribution < 1.29 is 4.74 Å². The normalized spacial score (nSPS) is 26.3. The van der Waals surface area contributed by atoms with Crippen molar-refractivity contribution in [1.82, 2.24) is 20.1 Å². The Morgan fingerprint density at radius 1 is 1.65 bits per heavy atom. The summed E-state index contributed by atoms with van der Waals surface area (Å²) in [5.41, 5.74) is 0. The highest BCUT2D eigenvalue weighted by molar-refractivity contribution is 4.99. The molecule has 3 unspecified atom stereocenters. The second-order valence-corrected chi connectivity index (χ2v) is 4.70.